The minimum absolute atomic E-state index is 0.0827. The molecule has 0 radical (unpaired) electrons. The fourth-order valence-corrected chi connectivity index (χ4v) is 5.70. The molecule has 12 heteroatoms. The topological polar surface area (TPSA) is 93.0 Å². The fraction of sp³-hybridized carbons (Fsp3) is 0.269. The molecule has 0 amide bonds. The summed E-state index contributed by atoms with van der Waals surface area (Å²) in [6.45, 7) is 0.295. The number of fused-ring (bicyclic) bond motifs is 2. The Balaban J connectivity index is 1.41. The van der Waals surface area contributed by atoms with E-state index in [9.17, 15) is 22.5 Å². The van der Waals surface area contributed by atoms with Gasteiger partial charge in [0.1, 0.15) is 27.6 Å². The Morgan fingerprint density at radius 3 is 2.18 bits per heavy atom. The molecule has 5 rings (SSSR count). The van der Waals surface area contributed by atoms with E-state index >= 15 is 0 Å². The van der Waals surface area contributed by atoms with E-state index in [0.717, 1.165) is 29.1 Å². The fourth-order valence-electron chi connectivity index (χ4n) is 4.42. The third kappa shape index (κ3) is 5.19. The standard InChI is InChI=1S/C26H24F3N3O5S/c1-30-38(34,18-12-10-17(11-13-18)37-26(27,28)29)16-31-19-14-35-15-22(25(19)33)32-20-6-2-4-8-23(20)36-24-9-5-3-7-21(24)32/h2-13,16,19,22,25,33H,14-15H2,1H3/b31-16-/t19-,22-,25+,38?/m1/s1. The second-order valence-electron chi connectivity index (χ2n) is 8.60. The smallest absolute Gasteiger partial charge is 0.453 e. The van der Waals surface area contributed by atoms with Crippen molar-refractivity contribution in [1.82, 2.24) is 0 Å². The Labute approximate surface area is 217 Å². The maximum Gasteiger partial charge on any atom is 0.573 e. The molecule has 0 spiro atoms. The van der Waals surface area contributed by atoms with Gasteiger partial charge in [0, 0.05) is 7.05 Å². The first kappa shape index (κ1) is 26.0. The van der Waals surface area contributed by atoms with Gasteiger partial charge in [0.25, 0.3) is 0 Å². The van der Waals surface area contributed by atoms with E-state index in [4.69, 9.17) is 9.47 Å². The molecular weight excluding hydrogens is 523 g/mol. The van der Waals surface area contributed by atoms with Crippen molar-refractivity contribution in [3.8, 4) is 17.2 Å². The number of alkyl halides is 3. The average molecular weight is 548 g/mol. The summed E-state index contributed by atoms with van der Waals surface area (Å²) in [6, 6.07) is 18.2. The summed E-state index contributed by atoms with van der Waals surface area (Å²) in [7, 11) is -1.91. The van der Waals surface area contributed by atoms with Gasteiger partial charge >= 0.3 is 6.36 Å². The number of halogens is 3. The summed E-state index contributed by atoms with van der Waals surface area (Å²) in [6.07, 6.45) is -5.85. The third-order valence-corrected chi connectivity index (χ3v) is 8.13. The summed E-state index contributed by atoms with van der Waals surface area (Å²) in [5.74, 6) is 0.825. The molecule has 0 bridgehead atoms. The van der Waals surface area contributed by atoms with Crippen LogP contribution in [-0.2, 0) is 14.5 Å². The van der Waals surface area contributed by atoms with Gasteiger partial charge in [-0.2, -0.15) is 0 Å². The van der Waals surface area contributed by atoms with Crippen LogP contribution in [0.2, 0.25) is 0 Å². The highest BCUT2D eigenvalue weighted by Crippen LogP contribution is 2.48. The molecule has 0 aliphatic carbocycles. The molecule has 3 aromatic rings. The van der Waals surface area contributed by atoms with Gasteiger partial charge in [-0.3, -0.25) is 4.99 Å². The Morgan fingerprint density at radius 2 is 1.61 bits per heavy atom. The summed E-state index contributed by atoms with van der Waals surface area (Å²) in [4.78, 5) is 6.49. The first-order valence-electron chi connectivity index (χ1n) is 11.6. The molecule has 1 unspecified atom stereocenters. The van der Waals surface area contributed by atoms with Crippen LogP contribution in [0.5, 0.6) is 17.2 Å². The van der Waals surface area contributed by atoms with Crippen molar-refractivity contribution in [2.24, 2.45) is 9.36 Å². The zero-order valence-corrected chi connectivity index (χ0v) is 20.9. The Morgan fingerprint density at radius 1 is 1.00 bits per heavy atom. The van der Waals surface area contributed by atoms with E-state index in [1.807, 2.05) is 53.4 Å². The summed E-state index contributed by atoms with van der Waals surface area (Å²) in [5, 5.41) is 11.4. The van der Waals surface area contributed by atoms with Crippen LogP contribution < -0.4 is 14.4 Å². The lowest BCUT2D eigenvalue weighted by atomic mass is 9.98. The number of benzene rings is 3. The van der Waals surface area contributed by atoms with Crippen molar-refractivity contribution >= 4 is 26.7 Å². The molecule has 3 aromatic carbocycles. The lowest BCUT2D eigenvalue weighted by Gasteiger charge is -2.43. The summed E-state index contributed by atoms with van der Waals surface area (Å²) in [5.41, 5.74) is 2.65. The number of rotatable bonds is 5. The number of hydrogen-bond donors (Lipinski definition) is 1. The lowest BCUT2D eigenvalue weighted by Crippen LogP contribution is -2.54. The quantitative estimate of drug-likeness (QED) is 0.351. The average Bonchev–Trinajstić information content (AvgIpc) is 2.91. The van der Waals surface area contributed by atoms with Gasteiger partial charge in [-0.15, -0.1) is 13.2 Å². The number of aliphatic hydroxyl groups is 1. The van der Waals surface area contributed by atoms with Crippen molar-refractivity contribution in [3.05, 3.63) is 72.8 Å². The van der Waals surface area contributed by atoms with E-state index in [1.165, 1.54) is 19.2 Å². The predicted octanol–water partition coefficient (Wildman–Crippen LogP) is 5.14. The molecule has 0 saturated carbocycles. The molecule has 1 saturated heterocycles. The normalized spacial score (nSPS) is 22.7. The van der Waals surface area contributed by atoms with Crippen LogP contribution in [-0.4, -0.2) is 59.7 Å². The molecule has 0 aromatic heterocycles. The van der Waals surface area contributed by atoms with Crippen LogP contribution in [0.1, 0.15) is 0 Å². The Hall–Kier alpha value is -3.61. The number of hydrogen-bond acceptors (Lipinski definition) is 8. The largest absolute Gasteiger partial charge is 0.573 e. The van der Waals surface area contributed by atoms with Gasteiger partial charge in [0.2, 0.25) is 0 Å². The molecule has 8 nitrogen and oxygen atoms in total. The number of anilines is 2. The first-order valence-corrected chi connectivity index (χ1v) is 13.2. The van der Waals surface area contributed by atoms with Crippen LogP contribution in [0.3, 0.4) is 0 Å². The number of aliphatic imine (C=N–C) groups is 1. The highest BCUT2D eigenvalue weighted by Gasteiger charge is 2.40. The van der Waals surface area contributed by atoms with Gasteiger partial charge in [-0.25, -0.2) is 8.57 Å². The molecule has 38 heavy (non-hydrogen) atoms. The van der Waals surface area contributed by atoms with Crippen LogP contribution in [0.4, 0.5) is 24.5 Å². The molecule has 200 valence electrons. The maximum atomic E-state index is 13.5. The van der Waals surface area contributed by atoms with E-state index in [-0.39, 0.29) is 18.1 Å². The van der Waals surface area contributed by atoms with E-state index < -0.39 is 40.0 Å². The number of ether oxygens (including phenoxy) is 3. The van der Waals surface area contributed by atoms with Gasteiger partial charge in [-0.05, 0) is 48.5 Å². The van der Waals surface area contributed by atoms with Crippen molar-refractivity contribution < 1.29 is 36.7 Å². The highest BCUT2D eigenvalue weighted by molar-refractivity contribution is 8.06. The van der Waals surface area contributed by atoms with Crippen molar-refractivity contribution in [2.45, 2.75) is 29.4 Å². The maximum absolute atomic E-state index is 13.5. The summed E-state index contributed by atoms with van der Waals surface area (Å²) < 4.78 is 70.6. The zero-order chi connectivity index (χ0) is 26.9. The molecule has 2 aliphatic rings. The predicted molar refractivity (Wildman–Crippen MR) is 136 cm³/mol. The van der Waals surface area contributed by atoms with E-state index in [1.54, 1.807) is 0 Å². The minimum Gasteiger partial charge on any atom is -0.453 e. The van der Waals surface area contributed by atoms with E-state index in [2.05, 4.69) is 14.1 Å². The Kier molecular flexibility index (Phi) is 7.03. The van der Waals surface area contributed by atoms with Crippen molar-refractivity contribution in [1.29, 1.82) is 0 Å². The SMILES string of the molecule is CN=S(=O)(/C=N\[C@@H]1COC[C@@H](N2c3ccccc3Oc3ccccc32)[C@H]1O)c1ccc(OC(F)(F)F)cc1. The van der Waals surface area contributed by atoms with E-state index in [0.29, 0.717) is 11.5 Å². The molecule has 2 aliphatic heterocycles. The first-order chi connectivity index (χ1) is 18.2. The van der Waals surface area contributed by atoms with Crippen LogP contribution in [0, 0.1) is 0 Å². The highest BCUT2D eigenvalue weighted by atomic mass is 32.2. The third-order valence-electron chi connectivity index (χ3n) is 6.23. The monoisotopic (exact) mass is 547 g/mol. The van der Waals surface area contributed by atoms with Gasteiger partial charge in [0.05, 0.1) is 41.1 Å². The molecule has 1 fully saturated rings. The van der Waals surface area contributed by atoms with Crippen molar-refractivity contribution in [3.63, 3.8) is 0 Å². The molecule has 4 atom stereocenters. The number of aliphatic hydroxyl groups excluding tert-OH is 1. The number of para-hydroxylation sites is 4. The Bertz CT molecular complexity index is 1410. The van der Waals surface area contributed by atoms with Gasteiger partial charge < -0.3 is 24.2 Å². The van der Waals surface area contributed by atoms with Crippen molar-refractivity contribution in [2.75, 3.05) is 25.2 Å². The second-order valence-corrected chi connectivity index (χ2v) is 10.8. The van der Waals surface area contributed by atoms with Gasteiger partial charge in [-0.1, -0.05) is 24.3 Å². The zero-order valence-electron chi connectivity index (χ0n) is 20.1. The lowest BCUT2D eigenvalue weighted by molar-refractivity contribution is -0.274. The molecule has 2 heterocycles. The second kappa shape index (κ2) is 10.3. The number of nitrogens with zero attached hydrogens (tertiary/aromatic N) is 3. The van der Waals surface area contributed by atoms with Crippen LogP contribution in [0.15, 0.2) is 87.0 Å². The summed E-state index contributed by atoms with van der Waals surface area (Å²) >= 11 is 0. The van der Waals surface area contributed by atoms with Gasteiger partial charge in [0.15, 0.2) is 11.5 Å². The van der Waals surface area contributed by atoms with Crippen LogP contribution >= 0.6 is 0 Å². The molecule has 1 N–H and O–H groups in total. The minimum atomic E-state index is -4.84. The molecular formula is C26H24F3N3O5S. The van der Waals surface area contributed by atoms with Crippen LogP contribution in [0.25, 0.3) is 0 Å².